The zero-order valence-electron chi connectivity index (χ0n) is 21.9. The fraction of sp³-hybridized carbons (Fsp3) is 0.464. The second-order valence-corrected chi connectivity index (χ2v) is 10.1. The van der Waals surface area contributed by atoms with Gasteiger partial charge in [0.05, 0.1) is 18.4 Å². The number of primary amides is 1. The van der Waals surface area contributed by atoms with E-state index in [2.05, 4.69) is 32.8 Å². The number of carbonyl (C=O) groups excluding carboxylic acids is 1. The van der Waals surface area contributed by atoms with Crippen LogP contribution in [0.15, 0.2) is 47.5 Å². The zero-order chi connectivity index (χ0) is 26.6. The highest BCUT2D eigenvalue weighted by atomic mass is 16.5. The number of aliphatic hydroxyl groups excluding tert-OH is 1. The Balaban J connectivity index is 1.22. The summed E-state index contributed by atoms with van der Waals surface area (Å²) in [5.41, 5.74) is 9.61. The molecule has 1 saturated carbocycles. The van der Waals surface area contributed by atoms with Crippen LogP contribution in [0.3, 0.4) is 0 Å². The maximum Gasteiger partial charge on any atom is 0.248 e. The lowest BCUT2D eigenvalue weighted by Crippen LogP contribution is -2.52. The second-order valence-electron chi connectivity index (χ2n) is 10.1. The van der Waals surface area contributed by atoms with Gasteiger partial charge in [-0.3, -0.25) is 9.69 Å². The lowest BCUT2D eigenvalue weighted by atomic mass is 9.87. The molecular formula is C28H35N5O5. The van der Waals surface area contributed by atoms with Crippen LogP contribution in [0, 0.1) is 6.92 Å². The van der Waals surface area contributed by atoms with E-state index in [1.165, 1.54) is 17.5 Å². The summed E-state index contributed by atoms with van der Waals surface area (Å²) in [7, 11) is 1.72. The maximum absolute atomic E-state index is 11.7. The Morgan fingerprint density at radius 2 is 2.18 bits per heavy atom. The molecular weight excluding hydrogens is 486 g/mol. The molecule has 10 heteroatoms. The van der Waals surface area contributed by atoms with E-state index < -0.39 is 12.0 Å². The molecule has 1 atom stereocenters. The summed E-state index contributed by atoms with van der Waals surface area (Å²) in [4.78, 5) is 24.5. The van der Waals surface area contributed by atoms with E-state index >= 15 is 0 Å². The first-order chi connectivity index (χ1) is 18.4. The van der Waals surface area contributed by atoms with E-state index in [1.807, 2.05) is 6.07 Å². The molecule has 0 radical (unpaired) electrons. The predicted molar refractivity (Wildman–Crippen MR) is 141 cm³/mol. The lowest BCUT2D eigenvalue weighted by molar-refractivity contribution is 0.0213. The van der Waals surface area contributed by atoms with Gasteiger partial charge in [-0.1, -0.05) is 6.07 Å². The van der Waals surface area contributed by atoms with Gasteiger partial charge in [-0.15, -0.1) is 0 Å². The molecule has 2 aliphatic rings. The van der Waals surface area contributed by atoms with Crippen molar-refractivity contribution in [3.63, 3.8) is 0 Å². The van der Waals surface area contributed by atoms with Crippen LogP contribution in [0.5, 0.6) is 5.75 Å². The summed E-state index contributed by atoms with van der Waals surface area (Å²) in [6.07, 6.45) is 6.84. The van der Waals surface area contributed by atoms with Crippen LogP contribution in [0.4, 0.5) is 5.82 Å². The minimum atomic E-state index is -0.595. The molecule has 1 aromatic carbocycles. The molecule has 202 valence electrons. The van der Waals surface area contributed by atoms with E-state index in [0.717, 1.165) is 43.7 Å². The molecule has 0 spiro atoms. The van der Waals surface area contributed by atoms with E-state index in [9.17, 15) is 9.90 Å². The normalized spacial score (nSPS) is 19.9. The van der Waals surface area contributed by atoms with Crippen LogP contribution in [0.25, 0.3) is 0 Å². The second kappa shape index (κ2) is 11.5. The lowest BCUT2D eigenvalue weighted by Gasteiger charge is -2.44. The fourth-order valence-corrected chi connectivity index (χ4v) is 5.38. The topological polar surface area (TPSA) is 127 Å². The first kappa shape index (κ1) is 26.1. The molecule has 2 aromatic heterocycles. The highest BCUT2D eigenvalue weighted by molar-refractivity contribution is 5.93. The molecule has 38 heavy (non-hydrogen) atoms. The van der Waals surface area contributed by atoms with E-state index in [1.54, 1.807) is 31.6 Å². The zero-order valence-corrected chi connectivity index (χ0v) is 21.9. The molecule has 0 bridgehead atoms. The van der Waals surface area contributed by atoms with Crippen LogP contribution < -0.4 is 15.4 Å². The number of hydrogen-bond donors (Lipinski definition) is 2. The van der Waals surface area contributed by atoms with Crippen LogP contribution in [0.1, 0.15) is 45.7 Å². The maximum atomic E-state index is 11.7. The number of rotatable bonds is 11. The SMILES string of the molecule is COC1CC(N(C[C@@H](O)CN2CCc3c(ccc(OCc4cnco4)c3C)C2)c2cc(C(N)=O)ccn2)C1. The van der Waals surface area contributed by atoms with Gasteiger partial charge in [0.25, 0.3) is 0 Å². The number of hydrogen-bond acceptors (Lipinski definition) is 9. The smallest absolute Gasteiger partial charge is 0.248 e. The number of fused-ring (bicyclic) bond motifs is 1. The molecule has 3 N–H and O–H groups in total. The number of β-amino-alcohol motifs (C(OH)–C–C–N with tert-alkyl or cyclic N) is 1. The molecule has 0 saturated heterocycles. The number of benzene rings is 1. The number of ether oxygens (including phenoxy) is 2. The molecule has 3 aromatic rings. The Hall–Kier alpha value is -3.47. The van der Waals surface area contributed by atoms with Gasteiger partial charge in [-0.05, 0) is 61.1 Å². The van der Waals surface area contributed by atoms with Gasteiger partial charge in [0.2, 0.25) is 5.91 Å². The van der Waals surface area contributed by atoms with Crippen LogP contribution >= 0.6 is 0 Å². The molecule has 1 aliphatic carbocycles. The fourth-order valence-electron chi connectivity index (χ4n) is 5.38. The van der Waals surface area contributed by atoms with Gasteiger partial charge >= 0.3 is 0 Å². The van der Waals surface area contributed by atoms with E-state index in [-0.39, 0.29) is 12.1 Å². The van der Waals surface area contributed by atoms with E-state index in [4.69, 9.17) is 19.6 Å². The van der Waals surface area contributed by atoms with Crippen LogP contribution in [-0.2, 0) is 24.3 Å². The monoisotopic (exact) mass is 521 g/mol. The number of anilines is 1. The molecule has 10 nitrogen and oxygen atoms in total. The third-order valence-corrected chi connectivity index (χ3v) is 7.62. The summed E-state index contributed by atoms with van der Waals surface area (Å²) < 4.78 is 16.7. The Morgan fingerprint density at radius 1 is 1.34 bits per heavy atom. The number of carbonyl (C=O) groups is 1. The number of aliphatic hydroxyl groups is 1. The molecule has 0 unspecified atom stereocenters. The summed E-state index contributed by atoms with van der Waals surface area (Å²) in [5.74, 6) is 1.70. The van der Waals surface area contributed by atoms with Gasteiger partial charge in [-0.2, -0.15) is 0 Å². The number of pyridine rings is 1. The van der Waals surface area contributed by atoms with Crippen molar-refractivity contribution in [3.8, 4) is 5.75 Å². The van der Waals surface area contributed by atoms with E-state index in [0.29, 0.717) is 36.8 Å². The molecule has 5 rings (SSSR count). The average Bonchev–Trinajstić information content (AvgIpc) is 3.41. The number of nitrogens with two attached hydrogens (primary N) is 1. The minimum absolute atomic E-state index is 0.185. The van der Waals surface area contributed by atoms with Crippen molar-refractivity contribution in [3.05, 3.63) is 71.1 Å². The Bertz CT molecular complexity index is 1240. The Morgan fingerprint density at radius 3 is 2.92 bits per heavy atom. The highest BCUT2D eigenvalue weighted by Crippen LogP contribution is 2.32. The molecule has 1 amide bonds. The van der Waals surface area contributed by atoms with Crippen molar-refractivity contribution in [2.24, 2.45) is 5.73 Å². The van der Waals surface area contributed by atoms with Crippen molar-refractivity contribution >= 4 is 11.7 Å². The number of nitrogens with zero attached hydrogens (tertiary/aromatic N) is 4. The predicted octanol–water partition coefficient (Wildman–Crippen LogP) is 2.46. The molecule has 1 fully saturated rings. The van der Waals surface area contributed by atoms with Crippen LogP contribution in [0.2, 0.25) is 0 Å². The quantitative estimate of drug-likeness (QED) is 0.391. The van der Waals surface area contributed by atoms with Gasteiger partial charge in [0.1, 0.15) is 18.2 Å². The molecule has 3 heterocycles. The highest BCUT2D eigenvalue weighted by Gasteiger charge is 2.36. The van der Waals surface area contributed by atoms with Gasteiger partial charge in [-0.25, -0.2) is 9.97 Å². The Kier molecular flexibility index (Phi) is 7.92. The summed E-state index contributed by atoms with van der Waals surface area (Å²) >= 11 is 0. The summed E-state index contributed by atoms with van der Waals surface area (Å²) in [6, 6.07) is 7.62. The number of methoxy groups -OCH3 is 1. The summed E-state index contributed by atoms with van der Waals surface area (Å²) in [5, 5.41) is 11.1. The van der Waals surface area contributed by atoms with Crippen molar-refractivity contribution < 1.29 is 23.8 Å². The van der Waals surface area contributed by atoms with Crippen molar-refractivity contribution in [2.45, 2.75) is 57.6 Å². The Labute approximate surface area is 222 Å². The van der Waals surface area contributed by atoms with Gasteiger partial charge in [0.15, 0.2) is 12.2 Å². The molecule has 1 aliphatic heterocycles. The first-order valence-corrected chi connectivity index (χ1v) is 13.0. The number of aromatic nitrogens is 2. The third kappa shape index (κ3) is 5.82. The average molecular weight is 522 g/mol. The number of oxazole rings is 1. The minimum Gasteiger partial charge on any atom is -0.485 e. The van der Waals surface area contributed by atoms with Crippen LogP contribution in [-0.4, -0.2) is 70.9 Å². The van der Waals surface area contributed by atoms with Gasteiger partial charge < -0.3 is 29.6 Å². The number of amides is 1. The largest absolute Gasteiger partial charge is 0.485 e. The van der Waals surface area contributed by atoms with Crippen molar-refractivity contribution in [2.75, 3.05) is 31.6 Å². The summed E-state index contributed by atoms with van der Waals surface area (Å²) in [6.45, 7) is 5.00. The standard InChI is InChI=1S/C28H35N5O5/c1-18-25-6-8-32(13-20(25)3-4-26(18)37-16-24-12-30-17-38-24)14-22(34)15-33(21-10-23(11-21)36-2)27-9-19(28(29)35)5-7-31-27/h3-5,7,9,12,17,21-23,34H,6,8,10-11,13-16H2,1-2H3,(H2,29,35)/t21?,22-,23?/m0/s1. The van der Waals surface area contributed by atoms with Crippen molar-refractivity contribution in [1.82, 2.24) is 14.9 Å². The van der Waals surface area contributed by atoms with Crippen molar-refractivity contribution in [1.29, 1.82) is 0 Å². The van der Waals surface area contributed by atoms with Gasteiger partial charge in [0, 0.05) is 51.1 Å². The first-order valence-electron chi connectivity index (χ1n) is 13.0. The third-order valence-electron chi connectivity index (χ3n) is 7.62.